The summed E-state index contributed by atoms with van der Waals surface area (Å²) >= 11 is 10.3. The molecule has 1 spiro atoms. The van der Waals surface area contributed by atoms with E-state index in [0.29, 0.717) is 23.6 Å². The summed E-state index contributed by atoms with van der Waals surface area (Å²) < 4.78 is 11.9. The third kappa shape index (κ3) is 4.96. The number of amides is 2. The van der Waals surface area contributed by atoms with Crippen LogP contribution in [0.15, 0.2) is 43.5 Å². The Morgan fingerprint density at radius 1 is 1.36 bits per heavy atom. The van der Waals surface area contributed by atoms with Crippen molar-refractivity contribution >= 4 is 51.0 Å². The lowest BCUT2D eigenvalue weighted by atomic mass is 9.70. The normalized spacial score (nSPS) is 29.9. The molecule has 3 saturated heterocycles. The number of para-hydroxylation sites is 1. The van der Waals surface area contributed by atoms with E-state index in [1.54, 1.807) is 18.2 Å². The summed E-state index contributed by atoms with van der Waals surface area (Å²) in [5, 5.41) is 10.9. The highest BCUT2D eigenvalue weighted by Gasteiger charge is 2.77. The van der Waals surface area contributed by atoms with Crippen LogP contribution in [0.5, 0.6) is 0 Å². The molecule has 1 aromatic rings. The van der Waals surface area contributed by atoms with Gasteiger partial charge in [0, 0.05) is 11.4 Å². The average Bonchev–Trinajstić information content (AvgIpc) is 3.48. The molecule has 10 heteroatoms. The first-order valence-electron chi connectivity index (χ1n) is 13.2. The Labute approximate surface area is 243 Å². The Bertz CT molecular complexity index is 1140. The van der Waals surface area contributed by atoms with Crippen LogP contribution in [0.3, 0.4) is 0 Å². The Balaban J connectivity index is 1.87. The highest BCUT2D eigenvalue weighted by Crippen LogP contribution is 2.61. The maximum absolute atomic E-state index is 14.7. The van der Waals surface area contributed by atoms with Gasteiger partial charge in [-0.1, -0.05) is 72.2 Å². The molecule has 39 heavy (non-hydrogen) atoms. The summed E-state index contributed by atoms with van der Waals surface area (Å²) in [4.78, 5) is 45.0. The van der Waals surface area contributed by atoms with E-state index in [-0.39, 0.29) is 36.4 Å². The van der Waals surface area contributed by atoms with Crippen LogP contribution >= 0.6 is 27.5 Å². The second kappa shape index (κ2) is 11.7. The summed E-state index contributed by atoms with van der Waals surface area (Å²) in [6.45, 7) is 13.1. The number of likely N-dealkylation sites (tertiary alicyclic amines) is 1. The standard InChI is InChI=1S/C29H36BrClN2O6/c1-6-11-32(23-17(5)9-8-10-20(23)31)27(36)25-29-14-19(30)24(39-29)21(28(37)38-12-7-2)22(29)26(35)33(25)18(15-34)13-16(3)4/h6-10,16,18-19,21-22,24-25,34H,1-2,11-15H2,3-5H3/t18-,19?,21+,22+,24+,25?,29?/m1/s1. The lowest BCUT2D eigenvalue weighted by Gasteiger charge is -2.40. The summed E-state index contributed by atoms with van der Waals surface area (Å²) in [5.74, 6) is -3.04. The number of aryl methyl sites for hydroxylation is 1. The molecule has 4 rings (SSSR count). The number of fused-ring (bicyclic) bond motifs is 1. The Hall–Kier alpha value is -2.20. The van der Waals surface area contributed by atoms with Crippen LogP contribution in [0.4, 0.5) is 5.69 Å². The van der Waals surface area contributed by atoms with Gasteiger partial charge in [-0.15, -0.1) is 6.58 Å². The first-order valence-corrected chi connectivity index (χ1v) is 14.5. The van der Waals surface area contributed by atoms with Gasteiger partial charge < -0.3 is 24.4 Å². The van der Waals surface area contributed by atoms with E-state index in [9.17, 15) is 19.5 Å². The average molecular weight is 624 g/mol. The van der Waals surface area contributed by atoms with Gasteiger partial charge in [0.1, 0.15) is 18.2 Å². The van der Waals surface area contributed by atoms with Gasteiger partial charge >= 0.3 is 5.97 Å². The first-order chi connectivity index (χ1) is 18.5. The molecule has 3 heterocycles. The number of ether oxygens (including phenoxy) is 2. The number of nitrogens with zero attached hydrogens (tertiary/aromatic N) is 2. The number of aliphatic hydroxyl groups is 1. The van der Waals surface area contributed by atoms with E-state index in [1.807, 2.05) is 26.8 Å². The van der Waals surface area contributed by atoms with Crippen molar-refractivity contribution < 1.29 is 29.0 Å². The Morgan fingerprint density at radius 2 is 2.08 bits per heavy atom. The van der Waals surface area contributed by atoms with Crippen LogP contribution in [0.1, 0.15) is 32.3 Å². The predicted octanol–water partition coefficient (Wildman–Crippen LogP) is 4.05. The molecule has 7 atom stereocenters. The summed E-state index contributed by atoms with van der Waals surface area (Å²) in [7, 11) is 0. The zero-order valence-corrected chi connectivity index (χ0v) is 24.9. The molecule has 0 aliphatic carbocycles. The van der Waals surface area contributed by atoms with Crippen molar-refractivity contribution in [3.63, 3.8) is 0 Å². The number of aliphatic hydroxyl groups excluding tert-OH is 1. The van der Waals surface area contributed by atoms with Crippen LogP contribution < -0.4 is 4.90 Å². The molecule has 3 aliphatic rings. The fourth-order valence-electron chi connectivity index (χ4n) is 6.60. The molecule has 2 amide bonds. The van der Waals surface area contributed by atoms with E-state index in [0.717, 1.165) is 5.56 Å². The lowest BCUT2D eigenvalue weighted by molar-refractivity contribution is -0.154. The topological polar surface area (TPSA) is 96.4 Å². The minimum Gasteiger partial charge on any atom is -0.461 e. The summed E-state index contributed by atoms with van der Waals surface area (Å²) in [5.41, 5.74) is 0.0131. The monoisotopic (exact) mass is 622 g/mol. The largest absolute Gasteiger partial charge is 0.461 e. The molecule has 1 aromatic carbocycles. The van der Waals surface area contributed by atoms with Crippen LogP contribution in [-0.2, 0) is 23.9 Å². The number of carbonyl (C=O) groups excluding carboxylic acids is 3. The number of hydrogen-bond acceptors (Lipinski definition) is 6. The molecule has 8 nitrogen and oxygen atoms in total. The number of carbonyl (C=O) groups is 3. The van der Waals surface area contributed by atoms with Crippen molar-refractivity contribution in [2.75, 3.05) is 24.7 Å². The van der Waals surface area contributed by atoms with Gasteiger partial charge in [0.25, 0.3) is 5.91 Å². The number of anilines is 1. The zero-order valence-electron chi connectivity index (χ0n) is 22.5. The van der Waals surface area contributed by atoms with E-state index in [1.165, 1.54) is 15.9 Å². The second-order valence-electron chi connectivity index (χ2n) is 10.9. The van der Waals surface area contributed by atoms with Gasteiger partial charge in [-0.05, 0) is 37.3 Å². The van der Waals surface area contributed by atoms with Gasteiger partial charge in [-0.3, -0.25) is 14.4 Å². The summed E-state index contributed by atoms with van der Waals surface area (Å²) in [6, 6.07) is 3.63. The number of benzene rings is 1. The second-order valence-corrected chi connectivity index (χ2v) is 12.5. The first kappa shape index (κ1) is 29.8. The van der Waals surface area contributed by atoms with Crippen molar-refractivity contribution in [2.45, 2.75) is 62.2 Å². The van der Waals surface area contributed by atoms with Gasteiger partial charge in [0.15, 0.2) is 0 Å². The minimum absolute atomic E-state index is 0.000496. The Kier molecular flexibility index (Phi) is 8.95. The third-order valence-electron chi connectivity index (χ3n) is 7.96. The molecule has 3 aliphatic heterocycles. The molecule has 212 valence electrons. The van der Waals surface area contributed by atoms with Crippen molar-refractivity contribution in [3.05, 3.63) is 54.1 Å². The molecule has 3 unspecified atom stereocenters. The molecule has 0 aromatic heterocycles. The fourth-order valence-corrected chi connectivity index (χ4v) is 7.87. The molecular formula is C29H36BrClN2O6. The van der Waals surface area contributed by atoms with Crippen molar-refractivity contribution in [2.24, 2.45) is 17.8 Å². The Morgan fingerprint density at radius 3 is 2.67 bits per heavy atom. The highest BCUT2D eigenvalue weighted by atomic mass is 79.9. The van der Waals surface area contributed by atoms with Crippen LogP contribution in [0.25, 0.3) is 0 Å². The van der Waals surface area contributed by atoms with Crippen molar-refractivity contribution in [1.82, 2.24) is 4.90 Å². The molecule has 0 radical (unpaired) electrons. The zero-order chi connectivity index (χ0) is 28.6. The minimum atomic E-state index is -1.29. The van der Waals surface area contributed by atoms with Crippen LogP contribution in [0, 0.1) is 24.7 Å². The van der Waals surface area contributed by atoms with Gasteiger partial charge in [0.05, 0.1) is 41.3 Å². The fraction of sp³-hybridized carbons (Fsp3) is 0.552. The van der Waals surface area contributed by atoms with Gasteiger partial charge in [-0.25, -0.2) is 0 Å². The number of rotatable bonds is 11. The van der Waals surface area contributed by atoms with E-state index < -0.39 is 47.5 Å². The number of halogens is 2. The van der Waals surface area contributed by atoms with Crippen LogP contribution in [-0.4, -0.2) is 76.2 Å². The van der Waals surface area contributed by atoms with Crippen LogP contribution in [0.2, 0.25) is 5.02 Å². The van der Waals surface area contributed by atoms with E-state index >= 15 is 0 Å². The smallest absolute Gasteiger partial charge is 0.312 e. The van der Waals surface area contributed by atoms with E-state index in [2.05, 4.69) is 29.1 Å². The molecule has 2 bridgehead atoms. The number of alkyl halides is 1. The predicted molar refractivity (Wildman–Crippen MR) is 153 cm³/mol. The quantitative estimate of drug-likeness (QED) is 0.227. The number of esters is 1. The molecular weight excluding hydrogens is 588 g/mol. The molecule has 3 fully saturated rings. The third-order valence-corrected chi connectivity index (χ3v) is 9.11. The highest BCUT2D eigenvalue weighted by molar-refractivity contribution is 9.09. The molecule has 0 saturated carbocycles. The van der Waals surface area contributed by atoms with Crippen molar-refractivity contribution in [1.29, 1.82) is 0 Å². The van der Waals surface area contributed by atoms with Crippen molar-refractivity contribution in [3.8, 4) is 0 Å². The maximum Gasteiger partial charge on any atom is 0.312 e. The molecule has 1 N–H and O–H groups in total. The number of hydrogen-bond donors (Lipinski definition) is 1. The lowest BCUT2D eigenvalue weighted by Crippen LogP contribution is -2.59. The van der Waals surface area contributed by atoms with Gasteiger partial charge in [-0.2, -0.15) is 0 Å². The maximum atomic E-state index is 14.7. The SMILES string of the molecule is C=CCOC(=O)[C@H]1[C@H]2C(=O)N([C@@H](CO)CC(C)C)C(C(=O)N(CC=C)c3c(C)cccc3Cl)C23CC(Br)[C@@H]1O3. The van der Waals surface area contributed by atoms with Gasteiger partial charge in [0.2, 0.25) is 5.91 Å². The summed E-state index contributed by atoms with van der Waals surface area (Å²) in [6.07, 6.45) is 3.24. The van der Waals surface area contributed by atoms with E-state index in [4.69, 9.17) is 21.1 Å².